The third kappa shape index (κ3) is 13.3. The van der Waals surface area contributed by atoms with Crippen molar-refractivity contribution in [2.75, 3.05) is 33.4 Å². The second kappa shape index (κ2) is 16.2. The van der Waals surface area contributed by atoms with E-state index < -0.39 is 0 Å². The molecule has 7 heteroatoms. The molecular weight excluding hydrogens is 372 g/mol. The van der Waals surface area contributed by atoms with Crippen LogP contribution in [0.25, 0.3) is 0 Å². The van der Waals surface area contributed by atoms with Gasteiger partial charge in [0.25, 0.3) is 0 Å². The molecular formula is C22H40N2O5. The molecule has 0 bridgehead atoms. The average Bonchev–Trinajstić information content (AvgIpc) is 2.72. The summed E-state index contributed by atoms with van der Waals surface area (Å²) in [6.07, 6.45) is 9.24. The first kappa shape index (κ1) is 25.4. The minimum atomic E-state index is -0.346. The number of hydrogen-bond donors (Lipinski definition) is 2. The molecule has 0 unspecified atom stereocenters. The first-order valence-corrected chi connectivity index (χ1v) is 11.2. The van der Waals surface area contributed by atoms with Crippen LogP contribution in [0, 0.1) is 11.8 Å². The number of rotatable bonds is 15. The largest absolute Gasteiger partial charge is 0.466 e. The lowest BCUT2D eigenvalue weighted by molar-refractivity contribution is -0.145. The van der Waals surface area contributed by atoms with Crippen molar-refractivity contribution in [1.29, 1.82) is 0 Å². The number of amides is 2. The lowest BCUT2D eigenvalue weighted by Crippen LogP contribution is -2.33. The Hall–Kier alpha value is -1.63. The van der Waals surface area contributed by atoms with Crippen LogP contribution in [0.3, 0.4) is 0 Å². The van der Waals surface area contributed by atoms with E-state index in [0.29, 0.717) is 26.2 Å². The highest BCUT2D eigenvalue weighted by Gasteiger charge is 2.23. The fourth-order valence-corrected chi connectivity index (χ4v) is 3.47. The van der Waals surface area contributed by atoms with E-state index in [-0.39, 0.29) is 36.5 Å². The van der Waals surface area contributed by atoms with Gasteiger partial charge in [-0.1, -0.05) is 19.8 Å². The van der Waals surface area contributed by atoms with Gasteiger partial charge in [-0.05, 0) is 44.4 Å². The molecule has 1 aliphatic carbocycles. The Labute approximate surface area is 175 Å². The normalized spacial score (nSPS) is 18.8. The molecule has 2 amide bonds. The van der Waals surface area contributed by atoms with Gasteiger partial charge in [0.05, 0.1) is 13.0 Å². The van der Waals surface area contributed by atoms with Gasteiger partial charge in [0.1, 0.15) is 0 Å². The monoisotopic (exact) mass is 412 g/mol. The maximum Gasteiger partial charge on any atom is 0.306 e. The van der Waals surface area contributed by atoms with Crippen molar-refractivity contribution in [3.05, 3.63) is 0 Å². The third-order valence-corrected chi connectivity index (χ3v) is 5.42. The quantitative estimate of drug-likeness (QED) is 0.319. The highest BCUT2D eigenvalue weighted by Crippen LogP contribution is 2.28. The van der Waals surface area contributed by atoms with Crippen LogP contribution in [0.2, 0.25) is 0 Å². The number of methoxy groups -OCH3 is 1. The number of carbonyl (C=O) groups is 3. The molecule has 0 aromatic heterocycles. The number of esters is 1. The van der Waals surface area contributed by atoms with E-state index >= 15 is 0 Å². The van der Waals surface area contributed by atoms with Gasteiger partial charge in [-0.15, -0.1) is 0 Å². The van der Waals surface area contributed by atoms with Crippen molar-refractivity contribution in [1.82, 2.24) is 10.6 Å². The average molecular weight is 413 g/mol. The van der Waals surface area contributed by atoms with Crippen LogP contribution in [0.1, 0.15) is 77.6 Å². The molecule has 1 saturated carbocycles. The minimum Gasteiger partial charge on any atom is -0.466 e. The SMILES string of the molecule is COCCCOC(=O)CCC(=O)NCCCCCCNC(=O)C1CCC(C)CC1. The standard InChI is InChI=1S/C22H40N2O5/c1-18-8-10-19(11-9-18)22(27)24-15-6-4-3-5-14-23-20(25)12-13-21(26)29-17-7-16-28-2/h18-19H,3-17H2,1-2H3,(H,23,25)(H,24,27). The summed E-state index contributed by atoms with van der Waals surface area (Å²) in [4.78, 5) is 35.3. The van der Waals surface area contributed by atoms with Crippen LogP contribution < -0.4 is 10.6 Å². The fraction of sp³-hybridized carbons (Fsp3) is 0.864. The van der Waals surface area contributed by atoms with E-state index in [9.17, 15) is 14.4 Å². The lowest BCUT2D eigenvalue weighted by atomic mass is 9.82. The maximum absolute atomic E-state index is 12.1. The zero-order valence-corrected chi connectivity index (χ0v) is 18.3. The minimum absolute atomic E-state index is 0.110. The molecule has 2 N–H and O–H groups in total. The second-order valence-corrected chi connectivity index (χ2v) is 8.08. The molecule has 0 aromatic rings. The first-order chi connectivity index (χ1) is 14.0. The van der Waals surface area contributed by atoms with E-state index in [2.05, 4.69) is 17.6 Å². The second-order valence-electron chi connectivity index (χ2n) is 8.08. The van der Waals surface area contributed by atoms with E-state index in [1.165, 1.54) is 12.8 Å². The predicted octanol–water partition coefficient (Wildman–Crippen LogP) is 2.97. The molecule has 0 heterocycles. The van der Waals surface area contributed by atoms with Crippen molar-refractivity contribution < 1.29 is 23.9 Å². The molecule has 168 valence electrons. The van der Waals surface area contributed by atoms with Crippen molar-refractivity contribution in [2.45, 2.75) is 77.6 Å². The lowest BCUT2D eigenvalue weighted by Gasteiger charge is -2.25. The Kier molecular flexibility index (Phi) is 14.2. The van der Waals surface area contributed by atoms with Crippen LogP contribution in [-0.4, -0.2) is 51.2 Å². The summed E-state index contributed by atoms with van der Waals surface area (Å²) in [7, 11) is 1.60. The van der Waals surface area contributed by atoms with Gasteiger partial charge < -0.3 is 20.1 Å². The summed E-state index contributed by atoms with van der Waals surface area (Å²) >= 11 is 0. The van der Waals surface area contributed by atoms with Crippen LogP contribution in [-0.2, 0) is 23.9 Å². The summed E-state index contributed by atoms with van der Waals surface area (Å²) in [5, 5.41) is 5.90. The Balaban J connectivity index is 1.89. The smallest absolute Gasteiger partial charge is 0.306 e. The van der Waals surface area contributed by atoms with Gasteiger partial charge in [-0.25, -0.2) is 0 Å². The van der Waals surface area contributed by atoms with E-state index in [1.54, 1.807) is 7.11 Å². The van der Waals surface area contributed by atoms with Crippen LogP contribution in [0.4, 0.5) is 0 Å². The molecule has 7 nitrogen and oxygen atoms in total. The number of unbranched alkanes of at least 4 members (excludes halogenated alkanes) is 3. The molecule has 0 aromatic carbocycles. The molecule has 1 aliphatic rings. The molecule has 0 aliphatic heterocycles. The topological polar surface area (TPSA) is 93.7 Å². The molecule has 29 heavy (non-hydrogen) atoms. The summed E-state index contributed by atoms with van der Waals surface area (Å²) in [5.74, 6) is 0.735. The molecule has 0 radical (unpaired) electrons. The van der Waals surface area contributed by atoms with Crippen LogP contribution in [0.5, 0.6) is 0 Å². The van der Waals surface area contributed by atoms with Gasteiger partial charge in [0, 0.05) is 45.6 Å². The van der Waals surface area contributed by atoms with Crippen molar-refractivity contribution >= 4 is 17.8 Å². The summed E-state index contributed by atoms with van der Waals surface area (Å²) in [6.45, 7) is 4.50. The number of carbonyl (C=O) groups excluding carboxylic acids is 3. The summed E-state index contributed by atoms with van der Waals surface area (Å²) in [6, 6.07) is 0. The van der Waals surface area contributed by atoms with E-state index in [1.807, 2.05) is 0 Å². The molecule has 1 rings (SSSR count). The maximum atomic E-state index is 12.1. The Morgan fingerprint density at radius 1 is 0.828 bits per heavy atom. The van der Waals surface area contributed by atoms with E-state index in [0.717, 1.165) is 51.0 Å². The molecule has 1 fully saturated rings. The van der Waals surface area contributed by atoms with Gasteiger partial charge in [0.15, 0.2) is 0 Å². The predicted molar refractivity (Wildman–Crippen MR) is 112 cm³/mol. The Morgan fingerprint density at radius 2 is 1.48 bits per heavy atom. The van der Waals surface area contributed by atoms with Crippen molar-refractivity contribution in [2.24, 2.45) is 11.8 Å². The molecule has 0 atom stereocenters. The van der Waals surface area contributed by atoms with Crippen molar-refractivity contribution in [3.8, 4) is 0 Å². The zero-order valence-electron chi connectivity index (χ0n) is 18.3. The third-order valence-electron chi connectivity index (χ3n) is 5.42. The number of hydrogen-bond acceptors (Lipinski definition) is 5. The number of ether oxygens (including phenoxy) is 2. The summed E-state index contributed by atoms with van der Waals surface area (Å²) < 4.78 is 9.88. The van der Waals surface area contributed by atoms with Gasteiger partial charge in [0.2, 0.25) is 11.8 Å². The summed E-state index contributed by atoms with van der Waals surface area (Å²) in [5.41, 5.74) is 0. The first-order valence-electron chi connectivity index (χ1n) is 11.2. The zero-order chi connectivity index (χ0) is 21.3. The van der Waals surface area contributed by atoms with Crippen LogP contribution in [0.15, 0.2) is 0 Å². The van der Waals surface area contributed by atoms with Gasteiger partial charge in [-0.2, -0.15) is 0 Å². The highest BCUT2D eigenvalue weighted by molar-refractivity contribution is 5.81. The molecule has 0 spiro atoms. The van der Waals surface area contributed by atoms with Crippen molar-refractivity contribution in [3.63, 3.8) is 0 Å². The van der Waals surface area contributed by atoms with Gasteiger partial charge >= 0.3 is 5.97 Å². The fourth-order valence-electron chi connectivity index (χ4n) is 3.47. The molecule has 0 saturated heterocycles. The Morgan fingerprint density at radius 3 is 2.14 bits per heavy atom. The van der Waals surface area contributed by atoms with Crippen LogP contribution >= 0.6 is 0 Å². The van der Waals surface area contributed by atoms with Gasteiger partial charge in [-0.3, -0.25) is 14.4 Å². The number of nitrogens with one attached hydrogen (secondary N) is 2. The van der Waals surface area contributed by atoms with E-state index in [4.69, 9.17) is 9.47 Å². The Bertz CT molecular complexity index is 476. The highest BCUT2D eigenvalue weighted by atomic mass is 16.5.